The zero-order chi connectivity index (χ0) is 13.1. The summed E-state index contributed by atoms with van der Waals surface area (Å²) in [7, 11) is 0. The first kappa shape index (κ1) is 12.6. The Morgan fingerprint density at radius 3 is 2.22 bits per heavy atom. The Balaban J connectivity index is 1.97. The number of carbonyl (C=O) groups is 1. The molecule has 0 N–H and O–H groups in total. The van der Waals surface area contributed by atoms with E-state index in [9.17, 15) is 4.79 Å². The molecule has 0 radical (unpaired) electrons. The summed E-state index contributed by atoms with van der Waals surface area (Å²) >= 11 is 0. The Morgan fingerprint density at radius 2 is 1.78 bits per heavy atom. The van der Waals surface area contributed by atoms with E-state index in [1.807, 2.05) is 0 Å². The highest BCUT2D eigenvalue weighted by molar-refractivity contribution is 5.93. The summed E-state index contributed by atoms with van der Waals surface area (Å²) in [5, 5.41) is 0. The number of piperidine rings is 2. The summed E-state index contributed by atoms with van der Waals surface area (Å²) in [5.41, 5.74) is -0.150. The van der Waals surface area contributed by atoms with E-state index in [0.29, 0.717) is 17.9 Å². The van der Waals surface area contributed by atoms with Gasteiger partial charge in [0.15, 0.2) is 0 Å². The first-order valence-electron chi connectivity index (χ1n) is 7.45. The monoisotopic (exact) mass is 250 g/mol. The fraction of sp³-hybridized carbons (Fsp3) is 0.933. The summed E-state index contributed by atoms with van der Waals surface area (Å²) < 4.78 is 0. The van der Waals surface area contributed by atoms with Crippen molar-refractivity contribution in [3.05, 3.63) is 0 Å². The molecule has 4 fully saturated rings. The van der Waals surface area contributed by atoms with Crippen molar-refractivity contribution in [3.8, 4) is 0 Å². The number of hydrogen-bond acceptors (Lipinski definition) is 3. The number of nitrogens with zero attached hydrogens (tertiary/aromatic N) is 2. The average Bonchev–Trinajstić information content (AvgIpc) is 2.24. The van der Waals surface area contributed by atoms with E-state index < -0.39 is 0 Å². The molecule has 3 heteroatoms. The number of ketones is 1. The van der Waals surface area contributed by atoms with Crippen LogP contribution >= 0.6 is 0 Å². The second kappa shape index (κ2) is 3.80. The molecule has 0 amide bonds. The molecule has 102 valence electrons. The normalized spacial score (nSPS) is 50.3. The molecule has 3 nitrogen and oxygen atoms in total. The molecule has 0 aromatic heterocycles. The van der Waals surface area contributed by atoms with Crippen molar-refractivity contribution in [1.29, 1.82) is 0 Å². The highest BCUT2D eigenvalue weighted by Gasteiger charge is 2.63. The van der Waals surface area contributed by atoms with Crippen LogP contribution in [0.1, 0.15) is 40.5 Å². The molecule has 0 aromatic carbocycles. The summed E-state index contributed by atoms with van der Waals surface area (Å²) in [6.07, 6.45) is 2.76. The van der Waals surface area contributed by atoms with Gasteiger partial charge in [0.2, 0.25) is 0 Å². The molecule has 4 saturated heterocycles. The SMILES string of the molecule is CCCC12CN3CC(C)(CN(C1)C3C(C)C)C2=O. The standard InChI is InChI=1S/C15H26N2O/c1-5-6-15-9-16-7-14(4,13(15)18)8-17(10-15)12(16)11(2)3/h11-12H,5-10H2,1-4H3. The quantitative estimate of drug-likeness (QED) is 0.765. The third-order valence-corrected chi connectivity index (χ3v) is 5.22. The van der Waals surface area contributed by atoms with Crippen LogP contribution in [-0.4, -0.2) is 47.9 Å². The lowest BCUT2D eigenvalue weighted by Gasteiger charge is -2.66. The van der Waals surface area contributed by atoms with Crippen LogP contribution in [0.5, 0.6) is 0 Å². The molecule has 0 spiro atoms. The molecule has 18 heavy (non-hydrogen) atoms. The molecule has 2 atom stereocenters. The summed E-state index contributed by atoms with van der Waals surface area (Å²) in [6.45, 7) is 13.0. The predicted molar refractivity (Wildman–Crippen MR) is 72.2 cm³/mol. The maximum absolute atomic E-state index is 12.8. The molecule has 0 aliphatic carbocycles. The van der Waals surface area contributed by atoms with E-state index in [0.717, 1.165) is 39.0 Å². The Labute approximate surface area is 111 Å². The lowest BCUT2D eigenvalue weighted by molar-refractivity contribution is -0.206. The third-order valence-electron chi connectivity index (χ3n) is 5.22. The van der Waals surface area contributed by atoms with Crippen molar-refractivity contribution in [2.45, 2.75) is 46.7 Å². The minimum Gasteiger partial charge on any atom is -0.298 e. The Hall–Kier alpha value is -0.410. The van der Waals surface area contributed by atoms with Crippen LogP contribution in [0.2, 0.25) is 0 Å². The largest absolute Gasteiger partial charge is 0.298 e. The Morgan fingerprint density at radius 1 is 1.22 bits per heavy atom. The van der Waals surface area contributed by atoms with E-state index >= 15 is 0 Å². The van der Waals surface area contributed by atoms with Crippen LogP contribution in [0, 0.1) is 16.7 Å². The van der Waals surface area contributed by atoms with E-state index in [1.54, 1.807) is 0 Å². The molecular formula is C15H26N2O. The molecule has 4 aliphatic heterocycles. The van der Waals surface area contributed by atoms with Gasteiger partial charge in [0.25, 0.3) is 0 Å². The van der Waals surface area contributed by atoms with Gasteiger partial charge < -0.3 is 0 Å². The molecule has 4 aliphatic rings. The highest BCUT2D eigenvalue weighted by atomic mass is 16.1. The van der Waals surface area contributed by atoms with Gasteiger partial charge in [-0.1, -0.05) is 34.1 Å². The number of hydrogen-bond donors (Lipinski definition) is 0. The lowest BCUT2D eigenvalue weighted by Crippen LogP contribution is -2.79. The summed E-state index contributed by atoms with van der Waals surface area (Å²) in [4.78, 5) is 18.0. The molecule has 4 bridgehead atoms. The van der Waals surface area contributed by atoms with Crippen LogP contribution < -0.4 is 0 Å². The molecule has 4 heterocycles. The predicted octanol–water partition coefficient (Wildman–Crippen LogP) is 1.98. The van der Waals surface area contributed by atoms with Crippen LogP contribution in [0.25, 0.3) is 0 Å². The van der Waals surface area contributed by atoms with Gasteiger partial charge in [0.05, 0.1) is 17.0 Å². The van der Waals surface area contributed by atoms with Crippen LogP contribution in [0.15, 0.2) is 0 Å². The first-order chi connectivity index (χ1) is 8.42. The maximum atomic E-state index is 12.8. The van der Waals surface area contributed by atoms with Crippen molar-refractivity contribution in [2.75, 3.05) is 26.2 Å². The second-order valence-corrected chi connectivity index (χ2v) is 7.39. The van der Waals surface area contributed by atoms with Gasteiger partial charge in [-0.2, -0.15) is 0 Å². The number of carbonyl (C=O) groups excluding carboxylic acids is 1. The maximum Gasteiger partial charge on any atom is 0.150 e. The van der Waals surface area contributed by atoms with Gasteiger partial charge >= 0.3 is 0 Å². The number of rotatable bonds is 3. The van der Waals surface area contributed by atoms with Gasteiger partial charge in [-0.3, -0.25) is 14.6 Å². The molecule has 0 saturated carbocycles. The van der Waals surface area contributed by atoms with Gasteiger partial charge in [-0.05, 0) is 12.3 Å². The van der Waals surface area contributed by atoms with Gasteiger partial charge in [0.1, 0.15) is 5.78 Å². The number of Topliss-reactive ketones (excluding diaryl/α,β-unsaturated/α-hetero) is 1. The van der Waals surface area contributed by atoms with Crippen molar-refractivity contribution in [3.63, 3.8) is 0 Å². The Kier molecular flexibility index (Phi) is 2.66. The van der Waals surface area contributed by atoms with Crippen molar-refractivity contribution < 1.29 is 4.79 Å². The van der Waals surface area contributed by atoms with Crippen LogP contribution in [-0.2, 0) is 4.79 Å². The van der Waals surface area contributed by atoms with Crippen molar-refractivity contribution in [1.82, 2.24) is 9.80 Å². The van der Waals surface area contributed by atoms with E-state index in [4.69, 9.17) is 0 Å². The zero-order valence-corrected chi connectivity index (χ0v) is 12.2. The van der Waals surface area contributed by atoms with Gasteiger partial charge in [-0.25, -0.2) is 0 Å². The Bertz CT molecular complexity index is 361. The van der Waals surface area contributed by atoms with Gasteiger partial charge in [-0.15, -0.1) is 0 Å². The average molecular weight is 250 g/mol. The summed E-state index contributed by atoms with van der Waals surface area (Å²) in [5.74, 6) is 1.22. The molecule has 2 unspecified atom stereocenters. The minimum absolute atomic E-state index is 0.0502. The highest BCUT2D eigenvalue weighted by Crippen LogP contribution is 2.51. The smallest absolute Gasteiger partial charge is 0.150 e. The molecule has 4 rings (SSSR count). The summed E-state index contributed by atoms with van der Waals surface area (Å²) in [6, 6.07) is 0. The van der Waals surface area contributed by atoms with Crippen LogP contribution in [0.4, 0.5) is 0 Å². The van der Waals surface area contributed by atoms with E-state index in [1.165, 1.54) is 0 Å². The zero-order valence-electron chi connectivity index (χ0n) is 12.2. The van der Waals surface area contributed by atoms with Gasteiger partial charge in [0, 0.05) is 26.2 Å². The fourth-order valence-electron chi connectivity index (χ4n) is 5.01. The van der Waals surface area contributed by atoms with Crippen LogP contribution in [0.3, 0.4) is 0 Å². The topological polar surface area (TPSA) is 23.6 Å². The van der Waals surface area contributed by atoms with E-state index in [2.05, 4.69) is 37.5 Å². The van der Waals surface area contributed by atoms with Crippen molar-refractivity contribution in [2.24, 2.45) is 16.7 Å². The third kappa shape index (κ3) is 1.47. The molecular weight excluding hydrogens is 224 g/mol. The lowest BCUT2D eigenvalue weighted by atomic mass is 9.59. The fourth-order valence-corrected chi connectivity index (χ4v) is 5.01. The first-order valence-corrected chi connectivity index (χ1v) is 7.45. The minimum atomic E-state index is -0.100. The van der Waals surface area contributed by atoms with Crippen molar-refractivity contribution >= 4 is 5.78 Å². The molecule has 0 aromatic rings. The van der Waals surface area contributed by atoms with E-state index in [-0.39, 0.29) is 10.8 Å². The second-order valence-electron chi connectivity index (χ2n) is 7.39.